The number of aliphatic hydroxyl groups excluding tert-OH is 22. The molecule has 0 aromatic heterocycles. The first-order valence-corrected chi connectivity index (χ1v) is 32.1. The van der Waals surface area contributed by atoms with E-state index >= 15 is 0 Å². The smallest absolute Gasteiger partial charge is 0.217 e. The average Bonchev–Trinajstić information content (AvgIpc) is 0.768. The molecule has 0 bridgehead atoms. The zero-order valence-corrected chi connectivity index (χ0v) is 54.3. The number of hydrogen-bond acceptors (Lipinski definition) is 41. The second-order valence-electron chi connectivity index (χ2n) is 25.4. The van der Waals surface area contributed by atoms with E-state index in [0.717, 1.165) is 27.7 Å². The Bertz CT molecular complexity index is 2640. The molecule has 45 nitrogen and oxygen atoms in total. The van der Waals surface area contributed by atoms with Crippen LogP contribution in [-0.4, -0.2) is 434 Å². The number of rotatable bonds is 26. The summed E-state index contributed by atoms with van der Waals surface area (Å²) in [6, 6.07) is -7.32. The van der Waals surface area contributed by atoms with Gasteiger partial charge in [-0.15, -0.1) is 0 Å². The molecule has 0 saturated carbocycles. The molecule has 0 aliphatic carbocycles. The predicted molar refractivity (Wildman–Crippen MR) is 311 cm³/mol. The molecule has 0 spiro atoms. The Morgan fingerprint density at radius 3 is 0.941 bits per heavy atom. The molecule has 26 N–H and O–H groups in total. The largest absolute Gasteiger partial charge is 0.394 e. The Morgan fingerprint density at radius 2 is 0.535 bits per heavy atom. The van der Waals surface area contributed by atoms with Crippen LogP contribution in [0.4, 0.5) is 0 Å². The van der Waals surface area contributed by atoms with Gasteiger partial charge < -0.3 is 205 Å². The third-order valence-electron chi connectivity index (χ3n) is 18.2. The fourth-order valence-electron chi connectivity index (χ4n) is 13.0. The maximum absolute atomic E-state index is 13.0. The van der Waals surface area contributed by atoms with Crippen molar-refractivity contribution in [1.82, 2.24) is 21.3 Å². The minimum Gasteiger partial charge on any atom is -0.394 e. The van der Waals surface area contributed by atoms with Gasteiger partial charge in [0.2, 0.25) is 23.6 Å². The number of carbonyl (C=O) groups excluding carboxylic acids is 4. The summed E-state index contributed by atoms with van der Waals surface area (Å²) >= 11 is 0. The van der Waals surface area contributed by atoms with Gasteiger partial charge in [-0.2, -0.15) is 0 Å². The molecule has 8 rings (SSSR count). The molecule has 0 radical (unpaired) electrons. The van der Waals surface area contributed by atoms with Crippen molar-refractivity contribution in [3.63, 3.8) is 0 Å². The van der Waals surface area contributed by atoms with Crippen LogP contribution in [0.15, 0.2) is 0 Å². The molecular weight excluding hydrogens is 1380 g/mol. The monoisotopic (exact) mass is 1480 g/mol. The highest BCUT2D eigenvalue weighted by Crippen LogP contribution is 2.40. The lowest BCUT2D eigenvalue weighted by molar-refractivity contribution is -0.401. The number of nitrogens with one attached hydrogen (secondary N) is 4. The fraction of sp³-hybridized carbons (Fsp3) is 0.929. The van der Waals surface area contributed by atoms with Gasteiger partial charge in [-0.05, 0) is 0 Å². The summed E-state index contributed by atoms with van der Waals surface area (Å²) in [5.74, 6) is -3.54. The second-order valence-corrected chi connectivity index (χ2v) is 25.4. The van der Waals surface area contributed by atoms with Gasteiger partial charge in [-0.1, -0.05) is 0 Å². The normalized spacial score (nSPS) is 48.3. The van der Waals surface area contributed by atoms with E-state index in [1.165, 1.54) is 0 Å². The van der Waals surface area contributed by atoms with Gasteiger partial charge in [0.15, 0.2) is 50.3 Å². The SMILES string of the molecule is CC(=O)N[C@@H]1[C@@H](O)[C@H](O[C@@H]2O[C@H](CO)[C@@H](O[C@@H]3O[C@H](CO[C@H]4O[C@H](CO)[C@@H](O)[C@H](O)[C@@H]4O[C@@H]4O[C@H](CO)[C@@H](O[C@@H]5O[C@H](CO)[C@H](O)[C@H](O)[C@H]5O)[C@H](O)[C@H]4NC(C)=O)[C@@H](O[C@@H]4O[C@H](CO)[C@@H](O)[C@@H](O)[C@H]4NC(C)=O)[C@H](O[C@H]4O[C@H](CO)[C@@H](O)[C@H](O)[C@@H]4O)[C@@H]3O)[C@H](O)[C@H]2NC(C)=O)[C@@H](CO)O[C@H]1O. The van der Waals surface area contributed by atoms with Crippen LogP contribution < -0.4 is 21.3 Å². The van der Waals surface area contributed by atoms with Crippen molar-refractivity contribution in [1.29, 1.82) is 0 Å². The van der Waals surface area contributed by atoms with E-state index in [2.05, 4.69) is 21.3 Å². The molecule has 8 saturated heterocycles. The summed E-state index contributed by atoms with van der Waals surface area (Å²) in [5, 5.41) is 252. The van der Waals surface area contributed by atoms with Crippen molar-refractivity contribution in [3.05, 3.63) is 0 Å². The summed E-state index contributed by atoms with van der Waals surface area (Å²) in [6.07, 6.45) is -74.3. The van der Waals surface area contributed by atoms with Gasteiger partial charge in [0.25, 0.3) is 0 Å². The summed E-state index contributed by atoms with van der Waals surface area (Å²) in [4.78, 5) is 50.7. The van der Waals surface area contributed by atoms with Crippen molar-refractivity contribution in [2.45, 2.75) is 273 Å². The molecule has 0 unspecified atom stereocenters. The lowest BCUT2D eigenvalue weighted by Gasteiger charge is -2.52. The highest BCUT2D eigenvalue weighted by atomic mass is 16.8. The molecule has 8 fully saturated rings. The van der Waals surface area contributed by atoms with E-state index in [1.54, 1.807) is 0 Å². The van der Waals surface area contributed by atoms with Gasteiger partial charge in [0.1, 0.15) is 195 Å². The predicted octanol–water partition coefficient (Wildman–Crippen LogP) is -17.9. The van der Waals surface area contributed by atoms with E-state index < -0.39 is 322 Å². The highest BCUT2D eigenvalue weighted by molar-refractivity contribution is 5.74. The van der Waals surface area contributed by atoms with Crippen LogP contribution in [0.25, 0.3) is 0 Å². The maximum atomic E-state index is 13.0. The Morgan fingerprint density at radius 1 is 0.257 bits per heavy atom. The lowest BCUT2D eigenvalue weighted by Crippen LogP contribution is -2.71. The highest BCUT2D eigenvalue weighted by Gasteiger charge is 2.60. The standard InChI is InChI=1S/C56H94N4O41/c1-13(68)57-25-34(77)43(21(9-65)88-49(25)86)96-51-27(59-15(3)70)35(78)45(23(11-67)93-51)98-55-42(85)47(100-54-41(84)38(81)31(74)19(7-63)91-54)46(99-50-26(58-14(2)69)33(76)29(72)17(5-61)89-50)24(95-55)12-87-56-48(39(82)32(75)20(8-64)92-56)101-52-28(60-16(4)71)36(79)44(22(10-66)94-52)97-53-40(83)37(80)30(73)18(6-62)90-53/h17-56,61-67,72-86H,5-12H2,1-4H3,(H,57,68)(H,58,69)(H,59,70)(H,60,71)/t17-,18-,19-,20-,21-,22-,23-,24-,25-,26-,27-,28-,29-,30+,31-,32-,33+,34-,35-,36-,37+,38+,39+,40-,41+,42+,43-,44-,45-,46-,47-,48+,49-,50+,51+,52+,53+,54-,55+,56+/m1/s1. The van der Waals surface area contributed by atoms with Crippen LogP contribution in [0.2, 0.25) is 0 Å². The van der Waals surface area contributed by atoms with Crippen molar-refractivity contribution in [3.8, 4) is 0 Å². The zero-order chi connectivity index (χ0) is 74.5. The van der Waals surface area contributed by atoms with Crippen LogP contribution in [0.5, 0.6) is 0 Å². The molecule has 8 aliphatic rings. The molecule has 101 heavy (non-hydrogen) atoms. The van der Waals surface area contributed by atoms with Crippen LogP contribution in [0.1, 0.15) is 27.7 Å². The van der Waals surface area contributed by atoms with Crippen LogP contribution in [0.3, 0.4) is 0 Å². The topological polar surface area (TPSA) is 700 Å². The number of hydrogen-bond donors (Lipinski definition) is 26. The quantitative estimate of drug-likeness (QED) is 0.0382. The van der Waals surface area contributed by atoms with Crippen molar-refractivity contribution < 1.29 is 203 Å². The van der Waals surface area contributed by atoms with E-state index in [0.29, 0.717) is 0 Å². The van der Waals surface area contributed by atoms with Crippen LogP contribution >= 0.6 is 0 Å². The third-order valence-corrected chi connectivity index (χ3v) is 18.2. The van der Waals surface area contributed by atoms with Gasteiger partial charge >= 0.3 is 0 Å². The third kappa shape index (κ3) is 18.5. The molecule has 45 heteroatoms. The first-order chi connectivity index (χ1) is 47.8. The molecule has 4 amide bonds. The molecule has 40 atom stereocenters. The zero-order valence-electron chi connectivity index (χ0n) is 54.3. The first kappa shape index (κ1) is 83.0. The van der Waals surface area contributed by atoms with E-state index in [4.69, 9.17) is 71.1 Å². The number of ether oxygens (including phenoxy) is 15. The molecule has 8 aliphatic heterocycles. The van der Waals surface area contributed by atoms with Crippen LogP contribution in [-0.2, 0) is 90.2 Å². The number of aliphatic hydroxyl groups is 22. The Kier molecular flexibility index (Phi) is 29.9. The summed E-state index contributed by atoms with van der Waals surface area (Å²) in [5.41, 5.74) is 0. The van der Waals surface area contributed by atoms with Crippen molar-refractivity contribution >= 4 is 23.6 Å². The summed E-state index contributed by atoms with van der Waals surface area (Å²) in [6.45, 7) is -4.80. The van der Waals surface area contributed by atoms with Gasteiger partial charge in [-0.3, -0.25) is 19.2 Å². The number of amides is 4. The molecule has 0 aromatic rings. The average molecular weight is 1480 g/mol. The fourth-order valence-corrected chi connectivity index (χ4v) is 13.0. The Labute approximate surface area is 572 Å². The molecule has 0 aromatic carbocycles. The van der Waals surface area contributed by atoms with E-state index in [-0.39, 0.29) is 0 Å². The van der Waals surface area contributed by atoms with E-state index in [1.807, 2.05) is 0 Å². The maximum Gasteiger partial charge on any atom is 0.217 e. The Hall–Kier alpha value is -3.60. The van der Waals surface area contributed by atoms with Crippen molar-refractivity contribution in [2.75, 3.05) is 52.9 Å². The summed E-state index contributed by atoms with van der Waals surface area (Å²) < 4.78 is 89.8. The molecule has 584 valence electrons. The van der Waals surface area contributed by atoms with Gasteiger partial charge in [-0.25, -0.2) is 0 Å². The summed E-state index contributed by atoms with van der Waals surface area (Å²) in [7, 11) is 0. The van der Waals surface area contributed by atoms with Gasteiger partial charge in [0.05, 0.1) is 52.9 Å². The van der Waals surface area contributed by atoms with Crippen LogP contribution in [0, 0.1) is 0 Å². The number of carbonyl (C=O) groups is 4. The van der Waals surface area contributed by atoms with Gasteiger partial charge in [0, 0.05) is 27.7 Å². The van der Waals surface area contributed by atoms with E-state index in [9.17, 15) is 132 Å². The molecule has 8 heterocycles. The lowest BCUT2D eigenvalue weighted by atomic mass is 9.93. The minimum absolute atomic E-state index is 0.775. The Balaban J connectivity index is 1.19. The first-order valence-electron chi connectivity index (χ1n) is 32.1. The second kappa shape index (κ2) is 36.3. The minimum atomic E-state index is -2.54. The molecular formula is C56H94N4O41. The van der Waals surface area contributed by atoms with Crippen molar-refractivity contribution in [2.24, 2.45) is 0 Å².